The SMILES string of the molecule is COC(=O)CNC(=O)C(NC(=O)[C@@H](NC(=O)C1CCCN1C(=O)OCc1ccccc1)C(C)C)C(C)(C)C. The molecule has 1 aromatic carbocycles. The fraction of sp³-hybridized carbons (Fsp3) is 0.593. The van der Waals surface area contributed by atoms with Crippen molar-refractivity contribution in [1.29, 1.82) is 0 Å². The molecule has 38 heavy (non-hydrogen) atoms. The smallest absolute Gasteiger partial charge is 0.410 e. The number of hydrogen-bond donors (Lipinski definition) is 3. The minimum Gasteiger partial charge on any atom is -0.468 e. The summed E-state index contributed by atoms with van der Waals surface area (Å²) in [5.74, 6) is -2.48. The van der Waals surface area contributed by atoms with Crippen LogP contribution in [-0.4, -0.2) is 73.0 Å². The molecular formula is C27H40N4O7. The first-order valence-corrected chi connectivity index (χ1v) is 12.8. The lowest BCUT2D eigenvalue weighted by Crippen LogP contribution is -2.60. The number of amides is 4. The lowest BCUT2D eigenvalue weighted by Gasteiger charge is -2.33. The van der Waals surface area contributed by atoms with E-state index < -0.39 is 53.3 Å². The van der Waals surface area contributed by atoms with Crippen molar-refractivity contribution < 1.29 is 33.4 Å². The van der Waals surface area contributed by atoms with Gasteiger partial charge in [0.1, 0.15) is 31.3 Å². The van der Waals surface area contributed by atoms with E-state index in [1.165, 1.54) is 12.0 Å². The molecule has 2 unspecified atom stereocenters. The summed E-state index contributed by atoms with van der Waals surface area (Å²) in [6.07, 6.45) is 0.482. The van der Waals surface area contributed by atoms with E-state index in [0.29, 0.717) is 19.4 Å². The van der Waals surface area contributed by atoms with Crippen LogP contribution < -0.4 is 16.0 Å². The zero-order valence-electron chi connectivity index (χ0n) is 23.0. The third-order valence-corrected chi connectivity index (χ3v) is 6.29. The number of benzene rings is 1. The van der Waals surface area contributed by atoms with Crippen molar-refractivity contribution in [3.8, 4) is 0 Å². The maximum absolute atomic E-state index is 13.3. The van der Waals surface area contributed by atoms with E-state index in [1.54, 1.807) is 34.6 Å². The van der Waals surface area contributed by atoms with Crippen LogP contribution in [0.4, 0.5) is 4.79 Å². The van der Waals surface area contributed by atoms with Gasteiger partial charge in [-0.25, -0.2) is 4.79 Å². The van der Waals surface area contributed by atoms with E-state index in [-0.39, 0.29) is 19.1 Å². The predicted molar refractivity (Wildman–Crippen MR) is 140 cm³/mol. The van der Waals surface area contributed by atoms with Crippen LogP contribution >= 0.6 is 0 Å². The highest BCUT2D eigenvalue weighted by molar-refractivity contribution is 5.95. The van der Waals surface area contributed by atoms with Crippen LogP contribution in [-0.2, 0) is 35.3 Å². The number of likely N-dealkylation sites (tertiary alicyclic amines) is 1. The zero-order chi connectivity index (χ0) is 28.5. The monoisotopic (exact) mass is 532 g/mol. The van der Waals surface area contributed by atoms with Crippen LogP contribution in [0, 0.1) is 11.3 Å². The van der Waals surface area contributed by atoms with Crippen LogP contribution in [0.15, 0.2) is 30.3 Å². The molecule has 1 heterocycles. The first-order chi connectivity index (χ1) is 17.8. The van der Waals surface area contributed by atoms with Crippen molar-refractivity contribution in [2.75, 3.05) is 20.2 Å². The number of carbonyl (C=O) groups excluding carboxylic acids is 5. The minimum atomic E-state index is -0.978. The average Bonchev–Trinajstić information content (AvgIpc) is 3.37. The molecule has 0 aromatic heterocycles. The Kier molecular flexibility index (Phi) is 11.1. The molecule has 0 radical (unpaired) electrons. The molecule has 4 amide bonds. The third-order valence-electron chi connectivity index (χ3n) is 6.29. The Balaban J connectivity index is 2.05. The van der Waals surface area contributed by atoms with Gasteiger partial charge in [0.2, 0.25) is 17.7 Å². The van der Waals surface area contributed by atoms with Gasteiger partial charge in [0, 0.05) is 6.54 Å². The minimum absolute atomic E-state index is 0.0910. The normalized spacial score (nSPS) is 16.8. The van der Waals surface area contributed by atoms with E-state index in [1.807, 2.05) is 30.3 Å². The molecule has 11 heteroatoms. The molecule has 0 saturated carbocycles. The molecule has 2 rings (SSSR count). The van der Waals surface area contributed by atoms with Crippen molar-refractivity contribution in [3.05, 3.63) is 35.9 Å². The summed E-state index contributed by atoms with van der Waals surface area (Å²) in [5.41, 5.74) is 0.147. The van der Waals surface area contributed by atoms with Crippen LogP contribution in [0.25, 0.3) is 0 Å². The quantitative estimate of drug-likeness (QED) is 0.390. The molecule has 210 valence electrons. The second-order valence-electron chi connectivity index (χ2n) is 10.7. The largest absolute Gasteiger partial charge is 0.468 e. The standard InChI is InChI=1S/C27H40N4O7/c1-17(2)21(24(34)30-22(27(3,4)5)25(35)28-15-20(32)37-6)29-23(33)19-13-10-14-31(19)26(36)38-16-18-11-8-7-9-12-18/h7-9,11-12,17,19,21-22H,10,13-16H2,1-6H3,(H,28,35)(H,29,33)(H,30,34)/t19?,21-,22?/m0/s1. The van der Waals surface area contributed by atoms with Gasteiger partial charge in [0.25, 0.3) is 0 Å². The molecule has 1 fully saturated rings. The lowest BCUT2D eigenvalue weighted by molar-refractivity contribution is -0.142. The van der Waals surface area contributed by atoms with E-state index in [2.05, 4.69) is 20.7 Å². The number of carbonyl (C=O) groups is 5. The first kappa shape index (κ1) is 30.6. The van der Waals surface area contributed by atoms with Crippen LogP contribution in [0.5, 0.6) is 0 Å². The summed E-state index contributed by atoms with van der Waals surface area (Å²) in [6, 6.07) is 6.54. The Morgan fingerprint density at radius 2 is 1.68 bits per heavy atom. The van der Waals surface area contributed by atoms with Gasteiger partial charge < -0.3 is 25.4 Å². The molecule has 3 N–H and O–H groups in total. The molecule has 3 atom stereocenters. The molecule has 1 aromatic rings. The summed E-state index contributed by atoms with van der Waals surface area (Å²) in [6.45, 7) is 9.00. The van der Waals surface area contributed by atoms with E-state index in [0.717, 1.165) is 5.56 Å². The topological polar surface area (TPSA) is 143 Å². The Bertz CT molecular complexity index is 991. The highest BCUT2D eigenvalue weighted by Gasteiger charge is 2.39. The predicted octanol–water partition coefficient (Wildman–Crippen LogP) is 1.75. The van der Waals surface area contributed by atoms with Gasteiger partial charge in [-0.1, -0.05) is 65.0 Å². The molecule has 1 saturated heterocycles. The van der Waals surface area contributed by atoms with Crippen molar-refractivity contribution in [1.82, 2.24) is 20.9 Å². The molecule has 11 nitrogen and oxygen atoms in total. The van der Waals surface area contributed by atoms with Crippen molar-refractivity contribution in [2.24, 2.45) is 11.3 Å². The van der Waals surface area contributed by atoms with E-state index in [9.17, 15) is 24.0 Å². The Hall–Kier alpha value is -3.63. The summed E-state index contributed by atoms with van der Waals surface area (Å²) < 4.78 is 9.95. The fourth-order valence-electron chi connectivity index (χ4n) is 4.09. The van der Waals surface area contributed by atoms with Crippen LogP contribution in [0.3, 0.4) is 0 Å². The number of rotatable bonds is 10. The van der Waals surface area contributed by atoms with Gasteiger partial charge >= 0.3 is 12.1 Å². The van der Waals surface area contributed by atoms with E-state index >= 15 is 0 Å². The Labute approximate surface area is 224 Å². The third kappa shape index (κ3) is 8.74. The molecular weight excluding hydrogens is 492 g/mol. The van der Waals surface area contributed by atoms with Gasteiger partial charge in [-0.15, -0.1) is 0 Å². The highest BCUT2D eigenvalue weighted by Crippen LogP contribution is 2.22. The molecule has 1 aliphatic rings. The Morgan fingerprint density at radius 1 is 1.03 bits per heavy atom. The highest BCUT2D eigenvalue weighted by atomic mass is 16.6. The fourth-order valence-corrected chi connectivity index (χ4v) is 4.09. The summed E-state index contributed by atoms with van der Waals surface area (Å²) in [5, 5.41) is 7.96. The number of hydrogen-bond acceptors (Lipinski definition) is 7. The molecule has 0 bridgehead atoms. The lowest BCUT2D eigenvalue weighted by atomic mass is 9.85. The summed E-state index contributed by atoms with van der Waals surface area (Å²) in [7, 11) is 1.21. The van der Waals surface area contributed by atoms with Gasteiger partial charge in [0.05, 0.1) is 7.11 Å². The Morgan fingerprint density at radius 3 is 2.26 bits per heavy atom. The van der Waals surface area contributed by atoms with Gasteiger partial charge in [-0.3, -0.25) is 24.1 Å². The molecule has 0 spiro atoms. The number of methoxy groups -OCH3 is 1. The average molecular weight is 533 g/mol. The van der Waals surface area contributed by atoms with Gasteiger partial charge in [-0.2, -0.15) is 0 Å². The van der Waals surface area contributed by atoms with Crippen molar-refractivity contribution >= 4 is 29.8 Å². The molecule has 1 aliphatic heterocycles. The van der Waals surface area contributed by atoms with Crippen LogP contribution in [0.2, 0.25) is 0 Å². The molecule has 0 aliphatic carbocycles. The number of nitrogens with zero attached hydrogens (tertiary/aromatic N) is 1. The van der Waals surface area contributed by atoms with Gasteiger partial charge in [-0.05, 0) is 29.7 Å². The van der Waals surface area contributed by atoms with Crippen LogP contribution in [0.1, 0.15) is 53.0 Å². The number of nitrogens with one attached hydrogen (secondary N) is 3. The number of ether oxygens (including phenoxy) is 2. The maximum Gasteiger partial charge on any atom is 0.410 e. The summed E-state index contributed by atoms with van der Waals surface area (Å²) in [4.78, 5) is 64.8. The second-order valence-corrected chi connectivity index (χ2v) is 10.7. The first-order valence-electron chi connectivity index (χ1n) is 12.8. The zero-order valence-corrected chi connectivity index (χ0v) is 23.0. The second kappa shape index (κ2) is 13.8. The van der Waals surface area contributed by atoms with E-state index in [4.69, 9.17) is 4.74 Å². The van der Waals surface area contributed by atoms with Crippen molar-refractivity contribution in [3.63, 3.8) is 0 Å². The maximum atomic E-state index is 13.3. The van der Waals surface area contributed by atoms with Gasteiger partial charge in [0.15, 0.2) is 0 Å². The van der Waals surface area contributed by atoms with Crippen molar-refractivity contribution in [2.45, 2.75) is 72.2 Å². The summed E-state index contributed by atoms with van der Waals surface area (Å²) >= 11 is 0. The number of esters is 1.